The Morgan fingerprint density at radius 2 is 1.81 bits per heavy atom. The van der Waals surface area contributed by atoms with Crippen LogP contribution in [0.15, 0.2) is 42.5 Å². The lowest BCUT2D eigenvalue weighted by molar-refractivity contribution is -0.133. The third-order valence-electron chi connectivity index (χ3n) is 5.37. The number of anilines is 2. The molecule has 2 aromatic rings. The quantitative estimate of drug-likeness (QED) is 0.462. The summed E-state index contributed by atoms with van der Waals surface area (Å²) in [5, 5.41) is 5.73. The molecule has 1 aliphatic rings. The summed E-state index contributed by atoms with van der Waals surface area (Å²) >= 11 is 0. The lowest BCUT2D eigenvalue weighted by Gasteiger charge is -2.29. The van der Waals surface area contributed by atoms with Crippen LogP contribution in [-0.4, -0.2) is 62.0 Å². The molecule has 3 rings (SSSR count). The van der Waals surface area contributed by atoms with Crippen LogP contribution in [-0.2, 0) is 9.59 Å². The predicted molar refractivity (Wildman–Crippen MR) is 124 cm³/mol. The summed E-state index contributed by atoms with van der Waals surface area (Å²) in [5.41, 5.74) is 2.80. The van der Waals surface area contributed by atoms with Gasteiger partial charge in [-0.15, -0.1) is 0 Å². The van der Waals surface area contributed by atoms with Crippen molar-refractivity contribution in [2.45, 2.75) is 20.8 Å². The number of nitrogens with one attached hydrogen (secondary N) is 2. The van der Waals surface area contributed by atoms with Crippen LogP contribution in [0.1, 0.15) is 29.8 Å². The molecule has 170 valence electrons. The zero-order valence-corrected chi connectivity index (χ0v) is 18.8. The van der Waals surface area contributed by atoms with Crippen molar-refractivity contribution >= 4 is 29.2 Å². The minimum absolute atomic E-state index is 0.0100. The topological polar surface area (TPSA) is 91.0 Å². The summed E-state index contributed by atoms with van der Waals surface area (Å²) in [7, 11) is 0. The van der Waals surface area contributed by atoms with Crippen molar-refractivity contribution in [1.82, 2.24) is 10.2 Å². The maximum absolute atomic E-state index is 12.6. The summed E-state index contributed by atoms with van der Waals surface area (Å²) < 4.78 is 5.28. The number of rotatable bonds is 9. The predicted octanol–water partition coefficient (Wildman–Crippen LogP) is 2.43. The van der Waals surface area contributed by atoms with Gasteiger partial charge in [0.1, 0.15) is 6.54 Å². The van der Waals surface area contributed by atoms with Gasteiger partial charge in [0.15, 0.2) is 5.75 Å². The second-order valence-electron chi connectivity index (χ2n) is 7.71. The molecule has 0 unspecified atom stereocenters. The van der Waals surface area contributed by atoms with E-state index in [1.54, 1.807) is 35.2 Å². The fourth-order valence-electron chi connectivity index (χ4n) is 3.55. The zero-order chi connectivity index (χ0) is 23.1. The highest BCUT2D eigenvalue weighted by Gasteiger charge is 2.25. The minimum atomic E-state index is -0.396. The average Bonchev–Trinajstić information content (AvgIpc) is 2.76. The molecule has 2 N–H and O–H groups in total. The molecule has 0 aromatic heterocycles. The molecule has 0 bridgehead atoms. The Kier molecular flexibility index (Phi) is 7.83. The van der Waals surface area contributed by atoms with Gasteiger partial charge in [-0.3, -0.25) is 9.59 Å². The number of carbonyl (C=O) groups excluding carboxylic acids is 3. The van der Waals surface area contributed by atoms with E-state index in [1.165, 1.54) is 0 Å². The van der Waals surface area contributed by atoms with Crippen molar-refractivity contribution < 1.29 is 19.1 Å². The van der Waals surface area contributed by atoms with Crippen LogP contribution >= 0.6 is 0 Å². The van der Waals surface area contributed by atoms with Gasteiger partial charge in [-0.2, -0.15) is 0 Å². The molecular formula is C24H30N4O4. The first-order valence-electron chi connectivity index (χ1n) is 10.9. The Labute approximate surface area is 188 Å². The number of benzene rings is 2. The van der Waals surface area contributed by atoms with Gasteiger partial charge in [0, 0.05) is 24.3 Å². The molecule has 1 heterocycles. The number of hydrogen-bond donors (Lipinski definition) is 2. The number of esters is 1. The van der Waals surface area contributed by atoms with Gasteiger partial charge in [0.25, 0.3) is 5.91 Å². The number of hydrogen-bond acceptors (Lipinski definition) is 6. The minimum Gasteiger partial charge on any atom is -0.423 e. The van der Waals surface area contributed by atoms with Gasteiger partial charge in [0.2, 0.25) is 5.91 Å². The molecule has 32 heavy (non-hydrogen) atoms. The molecule has 0 saturated heterocycles. The van der Waals surface area contributed by atoms with Crippen molar-refractivity contribution in [3.8, 4) is 5.75 Å². The highest BCUT2D eigenvalue weighted by atomic mass is 16.5. The van der Waals surface area contributed by atoms with E-state index < -0.39 is 5.97 Å². The molecule has 0 radical (unpaired) electrons. The van der Waals surface area contributed by atoms with Gasteiger partial charge in [-0.05, 0) is 62.0 Å². The van der Waals surface area contributed by atoms with Crippen LogP contribution in [0.4, 0.5) is 11.4 Å². The zero-order valence-electron chi connectivity index (χ0n) is 18.8. The summed E-state index contributed by atoms with van der Waals surface area (Å²) in [6.45, 7) is 9.40. The van der Waals surface area contributed by atoms with E-state index in [9.17, 15) is 14.4 Å². The van der Waals surface area contributed by atoms with Crippen LogP contribution in [0, 0.1) is 6.92 Å². The second-order valence-corrected chi connectivity index (χ2v) is 7.71. The highest BCUT2D eigenvalue weighted by molar-refractivity contribution is 5.98. The Balaban J connectivity index is 1.54. The summed E-state index contributed by atoms with van der Waals surface area (Å²) in [6.07, 6.45) is 0. The van der Waals surface area contributed by atoms with Crippen LogP contribution in [0.2, 0.25) is 0 Å². The van der Waals surface area contributed by atoms with Crippen LogP contribution in [0.5, 0.6) is 5.75 Å². The normalized spacial score (nSPS) is 12.9. The van der Waals surface area contributed by atoms with Crippen LogP contribution < -0.4 is 20.3 Å². The first-order chi connectivity index (χ1) is 15.4. The number of ether oxygens (including phenoxy) is 1. The first-order valence-corrected chi connectivity index (χ1v) is 10.9. The van der Waals surface area contributed by atoms with Gasteiger partial charge in [0.05, 0.1) is 12.2 Å². The van der Waals surface area contributed by atoms with Crippen molar-refractivity contribution in [1.29, 1.82) is 0 Å². The van der Waals surface area contributed by atoms with E-state index in [2.05, 4.69) is 29.4 Å². The average molecular weight is 439 g/mol. The Morgan fingerprint density at radius 3 is 2.50 bits per heavy atom. The molecule has 2 amide bonds. The molecule has 8 nitrogen and oxygen atoms in total. The van der Waals surface area contributed by atoms with Crippen molar-refractivity contribution in [3.05, 3.63) is 53.6 Å². The lowest BCUT2D eigenvalue weighted by Crippen LogP contribution is -2.41. The Hall–Kier alpha value is -3.39. The van der Waals surface area contributed by atoms with Gasteiger partial charge < -0.3 is 25.2 Å². The fraction of sp³-hybridized carbons (Fsp3) is 0.375. The molecule has 0 saturated carbocycles. The van der Waals surface area contributed by atoms with E-state index >= 15 is 0 Å². The van der Waals surface area contributed by atoms with E-state index in [0.717, 1.165) is 25.2 Å². The third-order valence-corrected chi connectivity index (χ3v) is 5.37. The largest absolute Gasteiger partial charge is 0.423 e. The molecule has 8 heteroatoms. The maximum Gasteiger partial charge on any atom is 0.331 e. The maximum atomic E-state index is 12.6. The molecule has 0 aliphatic carbocycles. The third kappa shape index (κ3) is 6.07. The van der Waals surface area contributed by atoms with Gasteiger partial charge >= 0.3 is 5.97 Å². The Morgan fingerprint density at radius 1 is 1.09 bits per heavy atom. The molecule has 0 spiro atoms. The number of likely N-dealkylation sites (N-methyl/N-ethyl adjacent to an activating group) is 1. The molecule has 2 aromatic carbocycles. The van der Waals surface area contributed by atoms with Crippen LogP contribution in [0.3, 0.4) is 0 Å². The lowest BCUT2D eigenvalue weighted by atomic mass is 10.1. The van der Waals surface area contributed by atoms with Crippen LogP contribution in [0.25, 0.3) is 0 Å². The van der Waals surface area contributed by atoms with Gasteiger partial charge in [-0.1, -0.05) is 19.9 Å². The van der Waals surface area contributed by atoms with E-state index in [0.29, 0.717) is 29.2 Å². The van der Waals surface area contributed by atoms with Gasteiger partial charge in [-0.25, -0.2) is 4.79 Å². The highest BCUT2D eigenvalue weighted by Crippen LogP contribution is 2.32. The second kappa shape index (κ2) is 10.8. The summed E-state index contributed by atoms with van der Waals surface area (Å²) in [5.74, 6) is -0.339. The molecular weight excluding hydrogens is 408 g/mol. The smallest absolute Gasteiger partial charge is 0.331 e. The number of aryl methyl sites for hydroxylation is 1. The summed E-state index contributed by atoms with van der Waals surface area (Å²) in [4.78, 5) is 40.7. The molecule has 0 atom stereocenters. The molecule has 1 aliphatic heterocycles. The van der Waals surface area contributed by atoms with E-state index in [1.807, 2.05) is 19.1 Å². The SMILES string of the molecule is CCN(CC)CCNC(=O)c1ccc(NC(=O)CN2CC(=O)Oc3cc(C)ccc32)cc1. The first kappa shape index (κ1) is 23.3. The van der Waals surface area contributed by atoms with Crippen molar-refractivity contribution in [2.75, 3.05) is 49.5 Å². The number of fused-ring (bicyclic) bond motifs is 1. The standard InChI is InChI=1S/C24H30N4O4/c1-4-27(5-2)13-12-25-24(31)18-7-9-19(10-8-18)26-22(29)15-28-16-23(30)32-21-14-17(3)6-11-20(21)28/h6-11,14H,4-5,12-13,15-16H2,1-3H3,(H,25,31)(H,26,29). The number of nitrogens with zero attached hydrogens (tertiary/aromatic N) is 2. The van der Waals surface area contributed by atoms with Crippen molar-refractivity contribution in [2.24, 2.45) is 0 Å². The van der Waals surface area contributed by atoms with E-state index in [-0.39, 0.29) is 24.9 Å². The summed E-state index contributed by atoms with van der Waals surface area (Å²) in [6, 6.07) is 12.3. The molecule has 0 fully saturated rings. The Bertz CT molecular complexity index is 970. The number of amides is 2. The van der Waals surface area contributed by atoms with E-state index in [4.69, 9.17) is 4.74 Å². The fourth-order valence-corrected chi connectivity index (χ4v) is 3.55. The number of carbonyl (C=O) groups is 3. The van der Waals surface area contributed by atoms with Crippen molar-refractivity contribution in [3.63, 3.8) is 0 Å². The monoisotopic (exact) mass is 438 g/mol.